The van der Waals surface area contributed by atoms with Gasteiger partial charge in [0.1, 0.15) is 12.4 Å². The van der Waals surface area contributed by atoms with Crippen molar-refractivity contribution < 1.29 is 14.8 Å². The summed E-state index contributed by atoms with van der Waals surface area (Å²) >= 11 is 5.43. The van der Waals surface area contributed by atoms with Gasteiger partial charge in [-0.2, -0.15) is 0 Å². The number of ether oxygens (including phenoxy) is 1. The Morgan fingerprint density at radius 1 is 1.53 bits per heavy atom. The van der Waals surface area contributed by atoms with Gasteiger partial charge in [0, 0.05) is 17.7 Å². The maximum atomic E-state index is 10.5. The molecule has 0 saturated heterocycles. The van der Waals surface area contributed by atoms with E-state index in [2.05, 4.69) is 0 Å². The van der Waals surface area contributed by atoms with E-state index in [9.17, 15) is 10.1 Å². The summed E-state index contributed by atoms with van der Waals surface area (Å²) in [6, 6.07) is 4.06. The molecule has 0 fully saturated rings. The lowest BCUT2D eigenvalue weighted by Gasteiger charge is -2.08. The molecule has 0 heterocycles. The Hall–Kier alpha value is -1.33. The summed E-state index contributed by atoms with van der Waals surface area (Å²) in [6.07, 6.45) is 0. The van der Waals surface area contributed by atoms with E-state index in [0.717, 1.165) is 0 Å². The molecule has 5 nitrogen and oxygen atoms in total. The first kappa shape index (κ1) is 11.7. The quantitative estimate of drug-likeness (QED) is 0.476. The average Bonchev–Trinajstić information content (AvgIpc) is 2.25. The number of non-ortho nitro benzene ring substituents is 1. The fraction of sp³-hybridized carbons (Fsp3) is 0.333. The van der Waals surface area contributed by atoms with Crippen molar-refractivity contribution in [1.29, 1.82) is 0 Å². The summed E-state index contributed by atoms with van der Waals surface area (Å²) in [4.78, 5) is 9.93. The van der Waals surface area contributed by atoms with Gasteiger partial charge in [0.2, 0.25) is 0 Å². The van der Waals surface area contributed by atoms with Gasteiger partial charge >= 0.3 is 0 Å². The fourth-order valence-electron chi connectivity index (χ4n) is 1.09. The molecule has 0 aliphatic rings. The van der Waals surface area contributed by atoms with Crippen molar-refractivity contribution in [2.24, 2.45) is 0 Å². The van der Waals surface area contributed by atoms with Crippen LogP contribution in [0.3, 0.4) is 0 Å². The van der Waals surface area contributed by atoms with Gasteiger partial charge in [0.15, 0.2) is 0 Å². The molecule has 1 rings (SSSR count). The van der Waals surface area contributed by atoms with Crippen LogP contribution in [-0.2, 0) is 6.61 Å². The van der Waals surface area contributed by atoms with Gasteiger partial charge in [-0.1, -0.05) is 0 Å². The topological polar surface area (TPSA) is 72.6 Å². The molecule has 1 aromatic rings. The summed E-state index contributed by atoms with van der Waals surface area (Å²) in [6.45, 7) is -0.00827. The minimum Gasteiger partial charge on any atom is -0.492 e. The normalized spacial score (nSPS) is 10.0. The molecule has 0 atom stereocenters. The van der Waals surface area contributed by atoms with Crippen molar-refractivity contribution in [3.8, 4) is 5.75 Å². The number of aliphatic hydroxyl groups is 1. The molecule has 0 aliphatic heterocycles. The lowest BCUT2D eigenvalue weighted by Crippen LogP contribution is -2.02. The van der Waals surface area contributed by atoms with Gasteiger partial charge in [-0.05, 0) is 6.07 Å². The molecule has 0 radical (unpaired) electrons. The predicted molar refractivity (Wildman–Crippen MR) is 55.2 cm³/mol. The lowest BCUT2D eigenvalue weighted by atomic mass is 10.2. The highest BCUT2D eigenvalue weighted by molar-refractivity contribution is 6.18. The highest BCUT2D eigenvalue weighted by Gasteiger charge is 2.10. The van der Waals surface area contributed by atoms with Gasteiger partial charge in [0.05, 0.1) is 17.4 Å². The van der Waals surface area contributed by atoms with Crippen LogP contribution in [0.25, 0.3) is 0 Å². The van der Waals surface area contributed by atoms with Crippen molar-refractivity contribution in [3.05, 3.63) is 33.9 Å². The van der Waals surface area contributed by atoms with Crippen molar-refractivity contribution in [3.63, 3.8) is 0 Å². The molecule has 0 amide bonds. The summed E-state index contributed by atoms with van der Waals surface area (Å²) in [5.74, 6) is 0.741. The van der Waals surface area contributed by atoms with Gasteiger partial charge < -0.3 is 9.84 Å². The Kier molecular flexibility index (Phi) is 4.33. The number of alkyl halides is 1. The third-order valence-corrected chi connectivity index (χ3v) is 1.91. The zero-order chi connectivity index (χ0) is 11.3. The molecule has 0 aromatic heterocycles. The minimum atomic E-state index is -0.523. The highest BCUT2D eigenvalue weighted by atomic mass is 35.5. The van der Waals surface area contributed by atoms with E-state index in [1.165, 1.54) is 18.2 Å². The van der Waals surface area contributed by atoms with Crippen LogP contribution in [0.5, 0.6) is 5.75 Å². The number of benzene rings is 1. The molecule has 15 heavy (non-hydrogen) atoms. The van der Waals surface area contributed by atoms with E-state index in [1.807, 2.05) is 0 Å². The fourth-order valence-corrected chi connectivity index (χ4v) is 1.17. The number of nitro benzene ring substituents is 1. The number of nitrogens with zero attached hydrogens (tertiary/aromatic N) is 1. The Balaban J connectivity index is 2.93. The van der Waals surface area contributed by atoms with Crippen molar-refractivity contribution in [2.75, 3.05) is 12.5 Å². The second kappa shape index (κ2) is 5.53. The minimum absolute atomic E-state index is 0.0720. The first-order valence-electron chi connectivity index (χ1n) is 4.26. The molecule has 6 heteroatoms. The summed E-state index contributed by atoms with van der Waals surface area (Å²) in [5, 5.41) is 19.4. The predicted octanol–water partition coefficient (Wildman–Crippen LogP) is 1.70. The van der Waals surface area contributed by atoms with Crippen molar-refractivity contribution in [2.45, 2.75) is 6.61 Å². The first-order chi connectivity index (χ1) is 7.19. The van der Waals surface area contributed by atoms with E-state index < -0.39 is 4.92 Å². The van der Waals surface area contributed by atoms with Crippen LogP contribution in [-0.4, -0.2) is 22.5 Å². The largest absolute Gasteiger partial charge is 0.492 e. The molecule has 1 aromatic carbocycles. The second-order valence-electron chi connectivity index (χ2n) is 2.74. The Labute approximate surface area is 91.4 Å². The third kappa shape index (κ3) is 3.07. The van der Waals surface area contributed by atoms with Crippen LogP contribution < -0.4 is 4.74 Å². The maximum Gasteiger partial charge on any atom is 0.270 e. The number of aliphatic hydroxyl groups excluding tert-OH is 1. The summed E-state index contributed by atoms with van der Waals surface area (Å²) < 4.78 is 5.20. The van der Waals surface area contributed by atoms with Crippen LogP contribution in [0.1, 0.15) is 5.56 Å². The van der Waals surface area contributed by atoms with Gasteiger partial charge in [0.25, 0.3) is 5.69 Å². The lowest BCUT2D eigenvalue weighted by molar-refractivity contribution is -0.385. The number of rotatable bonds is 5. The molecule has 0 bridgehead atoms. The maximum absolute atomic E-state index is 10.5. The zero-order valence-electron chi connectivity index (χ0n) is 7.85. The summed E-state index contributed by atoms with van der Waals surface area (Å²) in [7, 11) is 0. The molecule has 0 saturated carbocycles. The van der Waals surface area contributed by atoms with Crippen LogP contribution in [0.4, 0.5) is 5.69 Å². The van der Waals surface area contributed by atoms with Gasteiger partial charge in [-0.15, -0.1) is 11.6 Å². The van der Waals surface area contributed by atoms with Crippen LogP contribution in [0.2, 0.25) is 0 Å². The smallest absolute Gasteiger partial charge is 0.270 e. The second-order valence-corrected chi connectivity index (χ2v) is 3.12. The van der Waals surface area contributed by atoms with Crippen molar-refractivity contribution >= 4 is 17.3 Å². The third-order valence-electron chi connectivity index (χ3n) is 1.76. The Morgan fingerprint density at radius 3 is 2.80 bits per heavy atom. The van der Waals surface area contributed by atoms with Crippen LogP contribution in [0, 0.1) is 10.1 Å². The molecule has 0 unspecified atom stereocenters. The Bertz CT molecular complexity index is 356. The molecular weight excluding hydrogens is 222 g/mol. The van der Waals surface area contributed by atoms with E-state index in [4.69, 9.17) is 21.4 Å². The van der Waals surface area contributed by atoms with Gasteiger partial charge in [-0.25, -0.2) is 0 Å². The molecule has 1 N–H and O–H groups in total. The standard InChI is InChI=1S/C9H10ClNO4/c10-3-4-15-9-2-1-8(11(13)14)5-7(9)6-12/h1-2,5,12H,3-4,6H2. The zero-order valence-corrected chi connectivity index (χ0v) is 8.61. The molecular formula is C9H10ClNO4. The SMILES string of the molecule is O=[N+]([O-])c1ccc(OCCCl)c(CO)c1. The number of nitro groups is 1. The molecule has 0 spiro atoms. The van der Waals surface area contributed by atoms with Gasteiger partial charge in [-0.3, -0.25) is 10.1 Å². The monoisotopic (exact) mass is 231 g/mol. The van der Waals surface area contributed by atoms with E-state index in [-0.39, 0.29) is 12.3 Å². The first-order valence-corrected chi connectivity index (χ1v) is 4.79. The average molecular weight is 232 g/mol. The summed E-state index contributed by atoms with van der Waals surface area (Å²) in [5.41, 5.74) is 0.312. The van der Waals surface area contributed by atoms with Crippen molar-refractivity contribution in [1.82, 2.24) is 0 Å². The van der Waals surface area contributed by atoms with Crippen LogP contribution in [0.15, 0.2) is 18.2 Å². The Morgan fingerprint density at radius 2 is 2.27 bits per heavy atom. The van der Waals surface area contributed by atoms with Crippen LogP contribution >= 0.6 is 11.6 Å². The molecule has 82 valence electrons. The van der Waals surface area contributed by atoms with E-state index >= 15 is 0 Å². The number of halogens is 1. The van der Waals surface area contributed by atoms with E-state index in [0.29, 0.717) is 23.8 Å². The highest BCUT2D eigenvalue weighted by Crippen LogP contribution is 2.24. The number of hydrogen-bond donors (Lipinski definition) is 1. The number of hydrogen-bond acceptors (Lipinski definition) is 4. The van der Waals surface area contributed by atoms with E-state index in [1.54, 1.807) is 0 Å². The molecule has 0 aliphatic carbocycles.